The van der Waals surface area contributed by atoms with Gasteiger partial charge in [0.25, 0.3) is 5.91 Å². The van der Waals surface area contributed by atoms with E-state index in [4.69, 9.17) is 21.1 Å². The molecular weight excluding hydrogens is 364 g/mol. The highest BCUT2D eigenvalue weighted by Gasteiger charge is 2.33. The van der Waals surface area contributed by atoms with Crippen LogP contribution in [0.1, 0.15) is 30.0 Å². The fraction of sp³-hybridized carbons (Fsp3) is 0.381. The standard InChI is InChI=1S/C21H25ClN2O3/c1-26-17-8-9-20(27-2)18(12-17)19-7-4-10-24(19)14-21(25)23-13-15-5-3-6-16(22)11-15/h3,5-6,8-9,11-12,19H,4,7,10,13-14H2,1-2H3,(H,23,25)/p+1/t19-/m0/s1. The Kier molecular flexibility index (Phi) is 6.58. The van der Waals surface area contributed by atoms with Crippen LogP contribution < -0.4 is 19.7 Å². The van der Waals surface area contributed by atoms with Gasteiger partial charge in [-0.15, -0.1) is 0 Å². The Morgan fingerprint density at radius 2 is 2.07 bits per heavy atom. The van der Waals surface area contributed by atoms with Gasteiger partial charge in [0, 0.05) is 24.4 Å². The molecule has 2 aromatic carbocycles. The van der Waals surface area contributed by atoms with E-state index in [1.807, 2.05) is 42.5 Å². The van der Waals surface area contributed by atoms with Crippen molar-refractivity contribution in [3.05, 3.63) is 58.6 Å². The molecule has 1 unspecified atom stereocenters. The molecule has 0 radical (unpaired) electrons. The summed E-state index contributed by atoms with van der Waals surface area (Å²) in [6.07, 6.45) is 2.11. The average molecular weight is 390 g/mol. The fourth-order valence-electron chi connectivity index (χ4n) is 3.73. The van der Waals surface area contributed by atoms with Gasteiger partial charge in [-0.25, -0.2) is 0 Å². The normalized spacial score (nSPS) is 18.9. The number of hydrogen-bond donors (Lipinski definition) is 2. The van der Waals surface area contributed by atoms with Crippen molar-refractivity contribution >= 4 is 17.5 Å². The second kappa shape index (κ2) is 9.11. The van der Waals surface area contributed by atoms with Crippen molar-refractivity contribution < 1.29 is 19.2 Å². The molecule has 1 amide bonds. The second-order valence-electron chi connectivity index (χ2n) is 6.79. The van der Waals surface area contributed by atoms with E-state index in [1.54, 1.807) is 14.2 Å². The Bertz CT molecular complexity index is 797. The number of rotatable bonds is 7. The Hall–Kier alpha value is -2.24. The number of quaternary nitrogens is 1. The van der Waals surface area contributed by atoms with Crippen molar-refractivity contribution in [2.75, 3.05) is 27.3 Å². The summed E-state index contributed by atoms with van der Waals surface area (Å²) in [7, 11) is 3.34. The molecule has 144 valence electrons. The highest BCUT2D eigenvalue weighted by atomic mass is 35.5. The highest BCUT2D eigenvalue weighted by molar-refractivity contribution is 6.30. The van der Waals surface area contributed by atoms with E-state index in [9.17, 15) is 4.79 Å². The smallest absolute Gasteiger partial charge is 0.275 e. The van der Waals surface area contributed by atoms with E-state index in [0.717, 1.165) is 42.0 Å². The van der Waals surface area contributed by atoms with Crippen molar-refractivity contribution in [1.29, 1.82) is 0 Å². The fourth-order valence-corrected chi connectivity index (χ4v) is 3.94. The quantitative estimate of drug-likeness (QED) is 0.764. The summed E-state index contributed by atoms with van der Waals surface area (Å²) in [5.74, 6) is 1.70. The first-order valence-electron chi connectivity index (χ1n) is 9.18. The number of methoxy groups -OCH3 is 2. The van der Waals surface area contributed by atoms with E-state index in [-0.39, 0.29) is 11.9 Å². The summed E-state index contributed by atoms with van der Waals surface area (Å²) in [6.45, 7) is 1.89. The van der Waals surface area contributed by atoms with Crippen LogP contribution in [0.25, 0.3) is 0 Å². The van der Waals surface area contributed by atoms with Gasteiger partial charge in [0.1, 0.15) is 17.5 Å². The van der Waals surface area contributed by atoms with Gasteiger partial charge < -0.3 is 19.7 Å². The molecule has 1 saturated heterocycles. The third-order valence-electron chi connectivity index (χ3n) is 5.06. The molecule has 2 aromatic rings. The molecule has 0 aliphatic carbocycles. The monoisotopic (exact) mass is 389 g/mol. The van der Waals surface area contributed by atoms with Crippen LogP contribution in [0.4, 0.5) is 0 Å². The number of carbonyl (C=O) groups excluding carboxylic acids is 1. The number of halogens is 1. The molecule has 27 heavy (non-hydrogen) atoms. The van der Waals surface area contributed by atoms with Gasteiger partial charge in [-0.2, -0.15) is 0 Å². The van der Waals surface area contributed by atoms with Crippen molar-refractivity contribution in [2.24, 2.45) is 0 Å². The molecule has 1 heterocycles. The Morgan fingerprint density at radius 3 is 2.81 bits per heavy atom. The maximum absolute atomic E-state index is 12.5. The summed E-state index contributed by atoms with van der Waals surface area (Å²) in [6, 6.07) is 13.6. The van der Waals surface area contributed by atoms with Gasteiger partial charge in [0.05, 0.1) is 26.3 Å². The zero-order valence-corrected chi connectivity index (χ0v) is 16.5. The van der Waals surface area contributed by atoms with Crippen LogP contribution >= 0.6 is 11.6 Å². The lowest BCUT2D eigenvalue weighted by Gasteiger charge is -2.23. The molecule has 1 aliphatic rings. The number of carbonyl (C=O) groups is 1. The summed E-state index contributed by atoms with van der Waals surface area (Å²) in [5, 5.41) is 3.68. The molecule has 0 spiro atoms. The van der Waals surface area contributed by atoms with Crippen LogP contribution in [0.5, 0.6) is 11.5 Å². The molecule has 3 rings (SSSR count). The molecular formula is C21H26ClN2O3+. The Balaban J connectivity index is 1.65. The van der Waals surface area contributed by atoms with Crippen molar-refractivity contribution in [2.45, 2.75) is 25.4 Å². The van der Waals surface area contributed by atoms with Crippen molar-refractivity contribution in [3.63, 3.8) is 0 Å². The topological polar surface area (TPSA) is 52.0 Å². The zero-order chi connectivity index (χ0) is 19.2. The molecule has 1 aliphatic heterocycles. The maximum Gasteiger partial charge on any atom is 0.275 e. The van der Waals surface area contributed by atoms with Gasteiger partial charge in [0.15, 0.2) is 6.54 Å². The average Bonchev–Trinajstić information content (AvgIpc) is 3.13. The SMILES string of the molecule is COc1ccc(OC)c([C@@H]2CCC[NH+]2CC(=O)NCc2cccc(Cl)c2)c1. The first-order chi connectivity index (χ1) is 13.1. The number of benzene rings is 2. The molecule has 2 atom stereocenters. The minimum absolute atomic E-state index is 0.0405. The van der Waals surface area contributed by atoms with Crippen molar-refractivity contribution in [3.8, 4) is 11.5 Å². The largest absolute Gasteiger partial charge is 0.497 e. The van der Waals surface area contributed by atoms with Gasteiger partial charge in [-0.05, 0) is 35.9 Å². The predicted octanol–water partition coefficient (Wildman–Crippen LogP) is 2.39. The van der Waals surface area contributed by atoms with E-state index in [0.29, 0.717) is 18.1 Å². The maximum atomic E-state index is 12.5. The lowest BCUT2D eigenvalue weighted by Crippen LogP contribution is -3.11. The lowest BCUT2D eigenvalue weighted by molar-refractivity contribution is -0.910. The van der Waals surface area contributed by atoms with Crippen LogP contribution in [0.3, 0.4) is 0 Å². The number of ether oxygens (including phenoxy) is 2. The van der Waals surface area contributed by atoms with E-state index >= 15 is 0 Å². The van der Waals surface area contributed by atoms with Crippen molar-refractivity contribution in [1.82, 2.24) is 5.32 Å². The Morgan fingerprint density at radius 1 is 1.22 bits per heavy atom. The third kappa shape index (κ3) is 4.93. The molecule has 0 saturated carbocycles. The minimum atomic E-state index is 0.0405. The number of hydrogen-bond acceptors (Lipinski definition) is 3. The predicted molar refractivity (Wildman–Crippen MR) is 106 cm³/mol. The van der Waals surface area contributed by atoms with Crippen LogP contribution in [0.2, 0.25) is 5.02 Å². The Labute approximate surface area is 165 Å². The molecule has 5 nitrogen and oxygen atoms in total. The van der Waals surface area contributed by atoms with Gasteiger partial charge in [0.2, 0.25) is 0 Å². The van der Waals surface area contributed by atoms with Crippen LogP contribution in [-0.2, 0) is 11.3 Å². The molecule has 0 bridgehead atoms. The minimum Gasteiger partial charge on any atom is -0.497 e. The number of nitrogens with one attached hydrogen (secondary N) is 2. The van der Waals surface area contributed by atoms with Crippen LogP contribution in [-0.4, -0.2) is 33.2 Å². The molecule has 6 heteroatoms. The third-order valence-corrected chi connectivity index (χ3v) is 5.30. The number of amides is 1. The zero-order valence-electron chi connectivity index (χ0n) is 15.8. The van der Waals surface area contributed by atoms with E-state index in [1.165, 1.54) is 4.90 Å². The number of likely N-dealkylation sites (tertiary alicyclic amines) is 1. The second-order valence-corrected chi connectivity index (χ2v) is 7.23. The summed E-state index contributed by atoms with van der Waals surface area (Å²) in [4.78, 5) is 13.7. The first-order valence-corrected chi connectivity index (χ1v) is 9.56. The van der Waals surface area contributed by atoms with E-state index in [2.05, 4.69) is 5.32 Å². The van der Waals surface area contributed by atoms with E-state index < -0.39 is 0 Å². The van der Waals surface area contributed by atoms with Gasteiger partial charge in [-0.1, -0.05) is 23.7 Å². The summed E-state index contributed by atoms with van der Waals surface area (Å²) < 4.78 is 10.9. The lowest BCUT2D eigenvalue weighted by atomic mass is 10.0. The summed E-state index contributed by atoms with van der Waals surface area (Å²) >= 11 is 6.00. The highest BCUT2D eigenvalue weighted by Crippen LogP contribution is 2.31. The molecule has 0 aromatic heterocycles. The van der Waals surface area contributed by atoms with Crippen LogP contribution in [0, 0.1) is 0 Å². The van der Waals surface area contributed by atoms with Gasteiger partial charge in [-0.3, -0.25) is 4.79 Å². The van der Waals surface area contributed by atoms with Gasteiger partial charge >= 0.3 is 0 Å². The first kappa shape index (κ1) is 19.5. The molecule has 1 fully saturated rings. The molecule has 2 N–H and O–H groups in total. The van der Waals surface area contributed by atoms with Crippen LogP contribution in [0.15, 0.2) is 42.5 Å². The summed E-state index contributed by atoms with van der Waals surface area (Å²) in [5.41, 5.74) is 2.10.